The summed E-state index contributed by atoms with van der Waals surface area (Å²) in [5.41, 5.74) is 1.36. The molecule has 7 heteroatoms. The zero-order chi connectivity index (χ0) is 20.7. The molecule has 2 aromatic rings. The Morgan fingerprint density at radius 3 is 2.48 bits per heavy atom. The van der Waals surface area contributed by atoms with Crippen molar-refractivity contribution in [2.75, 3.05) is 24.6 Å². The predicted molar refractivity (Wildman–Crippen MR) is 109 cm³/mol. The molecule has 0 atom stereocenters. The molecule has 0 unspecified atom stereocenters. The van der Waals surface area contributed by atoms with Gasteiger partial charge in [-0.15, -0.1) is 0 Å². The van der Waals surface area contributed by atoms with E-state index in [1.807, 2.05) is 12.1 Å². The lowest BCUT2D eigenvalue weighted by molar-refractivity contribution is -0.0436. The first-order valence-corrected chi connectivity index (χ1v) is 10.1. The molecule has 1 fully saturated rings. The fraction of sp³-hybridized carbons (Fsp3) is 0.455. The van der Waals surface area contributed by atoms with Crippen LogP contribution in [-0.4, -0.2) is 36.5 Å². The van der Waals surface area contributed by atoms with Crippen LogP contribution in [0.1, 0.15) is 48.5 Å². The van der Waals surface area contributed by atoms with Crippen LogP contribution in [0.2, 0.25) is 0 Å². The van der Waals surface area contributed by atoms with Crippen LogP contribution < -0.4 is 15.0 Å². The van der Waals surface area contributed by atoms with E-state index < -0.39 is 12.5 Å². The second-order valence-corrected chi connectivity index (χ2v) is 7.28. The molecule has 0 aliphatic carbocycles. The monoisotopic (exact) mass is 403 g/mol. The molecular formula is C22H27F2N3O2. The van der Waals surface area contributed by atoms with Gasteiger partial charge in [-0.1, -0.05) is 13.0 Å². The van der Waals surface area contributed by atoms with Gasteiger partial charge < -0.3 is 15.0 Å². The number of ether oxygens (including phenoxy) is 1. The number of hydrogen-bond donors (Lipinski definition) is 1. The van der Waals surface area contributed by atoms with E-state index in [2.05, 4.69) is 15.2 Å². The number of alkyl halides is 2. The topological polar surface area (TPSA) is 54.5 Å². The number of rotatable bonds is 8. The third-order valence-electron chi connectivity index (χ3n) is 5.03. The Kier molecular flexibility index (Phi) is 7.01. The summed E-state index contributed by atoms with van der Waals surface area (Å²) in [4.78, 5) is 19.1. The molecule has 0 saturated carbocycles. The van der Waals surface area contributed by atoms with Crippen LogP contribution >= 0.6 is 0 Å². The summed E-state index contributed by atoms with van der Waals surface area (Å²) in [6, 6.07) is 10.1. The minimum atomic E-state index is -2.85. The summed E-state index contributed by atoms with van der Waals surface area (Å²) in [5.74, 6) is -1.81. The van der Waals surface area contributed by atoms with Crippen LogP contribution in [0.5, 0.6) is 5.75 Å². The van der Waals surface area contributed by atoms with Gasteiger partial charge in [-0.05, 0) is 55.2 Å². The Labute approximate surface area is 170 Å². The highest BCUT2D eigenvalue weighted by molar-refractivity contribution is 5.94. The molecule has 1 amide bonds. The third-order valence-corrected chi connectivity index (χ3v) is 5.03. The Balaban J connectivity index is 1.48. The van der Waals surface area contributed by atoms with Crippen LogP contribution in [0.3, 0.4) is 0 Å². The lowest BCUT2D eigenvalue weighted by atomic mass is 10.1. The van der Waals surface area contributed by atoms with Gasteiger partial charge in [0.2, 0.25) is 0 Å². The minimum absolute atomic E-state index is 0.240. The largest absolute Gasteiger partial charge is 0.487 e. The van der Waals surface area contributed by atoms with Crippen molar-refractivity contribution in [1.29, 1.82) is 0 Å². The molecule has 1 aliphatic rings. The van der Waals surface area contributed by atoms with E-state index in [1.54, 1.807) is 18.3 Å². The third kappa shape index (κ3) is 6.14. The number of nitrogens with zero attached hydrogens (tertiary/aromatic N) is 2. The van der Waals surface area contributed by atoms with Gasteiger partial charge in [-0.25, -0.2) is 13.8 Å². The standard InChI is InChI=1S/C22H27F2N3O2/c1-2-22(23,24)16-29-19-9-7-18(8-10-19)21(28)26-15-17-6-11-20(25-14-17)27-12-4-3-5-13-27/h6-11,14H,2-5,12-13,15-16H2,1H3,(H,26,28). The van der Waals surface area contributed by atoms with Crippen LogP contribution in [0.4, 0.5) is 14.6 Å². The highest BCUT2D eigenvalue weighted by Crippen LogP contribution is 2.21. The molecule has 1 aromatic carbocycles. The zero-order valence-electron chi connectivity index (χ0n) is 16.7. The van der Waals surface area contributed by atoms with Crippen LogP contribution in [0.25, 0.3) is 0 Å². The molecule has 1 aromatic heterocycles. The summed E-state index contributed by atoms with van der Waals surface area (Å²) in [6.45, 7) is 3.19. The van der Waals surface area contributed by atoms with E-state index in [9.17, 15) is 13.6 Å². The van der Waals surface area contributed by atoms with Gasteiger partial charge in [-0.2, -0.15) is 0 Å². The molecule has 156 valence electrons. The van der Waals surface area contributed by atoms with Crippen molar-refractivity contribution in [2.45, 2.75) is 45.1 Å². The molecule has 3 rings (SSSR count). The Morgan fingerprint density at radius 1 is 1.14 bits per heavy atom. The number of carbonyl (C=O) groups is 1. The van der Waals surface area contributed by atoms with Gasteiger partial charge in [0.05, 0.1) is 0 Å². The quantitative estimate of drug-likeness (QED) is 0.709. The molecule has 5 nitrogen and oxygen atoms in total. The van der Waals surface area contributed by atoms with Crippen LogP contribution in [0.15, 0.2) is 42.6 Å². The number of carbonyl (C=O) groups excluding carboxylic acids is 1. The van der Waals surface area contributed by atoms with E-state index in [0.717, 1.165) is 24.5 Å². The first-order chi connectivity index (χ1) is 14.0. The first-order valence-electron chi connectivity index (χ1n) is 10.1. The SMILES string of the molecule is CCC(F)(F)COc1ccc(C(=O)NCc2ccc(N3CCCCC3)nc2)cc1. The first kappa shape index (κ1) is 21.0. The Bertz CT molecular complexity index is 789. The minimum Gasteiger partial charge on any atom is -0.487 e. The predicted octanol–water partition coefficient (Wildman–Crippen LogP) is 4.43. The fourth-order valence-corrected chi connectivity index (χ4v) is 3.11. The van der Waals surface area contributed by atoms with Crippen LogP contribution in [-0.2, 0) is 6.54 Å². The normalized spacial score (nSPS) is 14.5. The summed E-state index contributed by atoms with van der Waals surface area (Å²) >= 11 is 0. The maximum atomic E-state index is 13.2. The molecule has 1 aliphatic heterocycles. The number of halogens is 2. The van der Waals surface area contributed by atoms with E-state index >= 15 is 0 Å². The van der Waals surface area contributed by atoms with Crippen LogP contribution in [0, 0.1) is 0 Å². The van der Waals surface area contributed by atoms with Crippen molar-refractivity contribution in [3.63, 3.8) is 0 Å². The van der Waals surface area contributed by atoms with Gasteiger partial charge >= 0.3 is 0 Å². The maximum Gasteiger partial charge on any atom is 0.281 e. The average molecular weight is 403 g/mol. The molecule has 2 heterocycles. The molecule has 0 radical (unpaired) electrons. The Morgan fingerprint density at radius 2 is 1.86 bits per heavy atom. The number of amides is 1. The average Bonchev–Trinajstić information content (AvgIpc) is 2.77. The highest BCUT2D eigenvalue weighted by Gasteiger charge is 2.27. The lowest BCUT2D eigenvalue weighted by Crippen LogP contribution is -2.30. The van der Waals surface area contributed by atoms with E-state index in [4.69, 9.17) is 4.74 Å². The van der Waals surface area contributed by atoms with Crippen molar-refractivity contribution in [3.05, 3.63) is 53.7 Å². The molecule has 29 heavy (non-hydrogen) atoms. The number of hydrogen-bond acceptors (Lipinski definition) is 4. The van der Waals surface area contributed by atoms with Crippen molar-refractivity contribution in [2.24, 2.45) is 0 Å². The van der Waals surface area contributed by atoms with Gasteiger partial charge in [0.1, 0.15) is 11.6 Å². The smallest absolute Gasteiger partial charge is 0.281 e. The lowest BCUT2D eigenvalue weighted by Gasteiger charge is -2.27. The summed E-state index contributed by atoms with van der Waals surface area (Å²) < 4.78 is 31.6. The van der Waals surface area contributed by atoms with Gasteiger partial charge in [0.25, 0.3) is 11.8 Å². The van der Waals surface area contributed by atoms with Crippen molar-refractivity contribution in [3.8, 4) is 5.75 Å². The number of piperidine rings is 1. The van der Waals surface area contributed by atoms with Gasteiger partial charge in [-0.3, -0.25) is 4.79 Å². The molecule has 0 spiro atoms. The van der Waals surface area contributed by atoms with E-state index in [0.29, 0.717) is 17.9 Å². The number of benzene rings is 1. The van der Waals surface area contributed by atoms with Crippen molar-refractivity contribution in [1.82, 2.24) is 10.3 Å². The summed E-state index contributed by atoms with van der Waals surface area (Å²) in [7, 11) is 0. The number of nitrogens with one attached hydrogen (secondary N) is 1. The zero-order valence-corrected chi connectivity index (χ0v) is 16.7. The number of anilines is 1. The fourth-order valence-electron chi connectivity index (χ4n) is 3.11. The molecular weight excluding hydrogens is 376 g/mol. The second-order valence-electron chi connectivity index (χ2n) is 7.28. The van der Waals surface area contributed by atoms with E-state index in [1.165, 1.54) is 38.3 Å². The second kappa shape index (κ2) is 9.67. The summed E-state index contributed by atoms with van der Waals surface area (Å²) in [5, 5.41) is 2.85. The highest BCUT2D eigenvalue weighted by atomic mass is 19.3. The number of aromatic nitrogens is 1. The Hall–Kier alpha value is -2.70. The van der Waals surface area contributed by atoms with Gasteiger partial charge in [0.15, 0.2) is 6.61 Å². The maximum absolute atomic E-state index is 13.2. The number of pyridine rings is 1. The van der Waals surface area contributed by atoms with Crippen molar-refractivity contribution < 1.29 is 18.3 Å². The van der Waals surface area contributed by atoms with Gasteiger partial charge in [0, 0.05) is 37.8 Å². The molecule has 1 N–H and O–H groups in total. The van der Waals surface area contributed by atoms with E-state index in [-0.39, 0.29) is 12.3 Å². The molecule has 1 saturated heterocycles. The van der Waals surface area contributed by atoms with Crippen molar-refractivity contribution >= 4 is 11.7 Å². The molecule has 0 bridgehead atoms. The summed E-state index contributed by atoms with van der Waals surface area (Å²) in [6.07, 6.45) is 5.18.